The minimum Gasteiger partial charge on any atom is -0.352 e. The highest BCUT2D eigenvalue weighted by molar-refractivity contribution is 6.36. The fraction of sp³-hybridized carbons (Fsp3) is 0.111. The van der Waals surface area contributed by atoms with E-state index in [2.05, 4.69) is 5.32 Å². The van der Waals surface area contributed by atoms with Crippen LogP contribution in [0.25, 0.3) is 5.57 Å². The van der Waals surface area contributed by atoms with Crippen LogP contribution in [0.3, 0.4) is 0 Å². The quantitative estimate of drug-likeness (QED) is 0.877. The molecule has 1 amide bonds. The number of carbonyl (C=O) groups excluding carboxylic acids is 2. The van der Waals surface area contributed by atoms with Crippen molar-refractivity contribution >= 4 is 17.3 Å². The molecule has 0 aliphatic heterocycles. The van der Waals surface area contributed by atoms with E-state index in [0.29, 0.717) is 12.1 Å². The Kier molecular flexibility index (Phi) is 3.40. The van der Waals surface area contributed by atoms with Crippen LogP contribution in [-0.4, -0.2) is 18.2 Å². The average molecular weight is 277 g/mol. The van der Waals surface area contributed by atoms with Gasteiger partial charge in [-0.15, -0.1) is 0 Å². The molecule has 0 heterocycles. The first kappa shape index (κ1) is 13.3. The van der Waals surface area contributed by atoms with Crippen molar-refractivity contribution in [2.24, 2.45) is 0 Å². The van der Waals surface area contributed by atoms with Crippen LogP contribution in [0.15, 0.2) is 60.2 Å². The fourth-order valence-electron chi connectivity index (χ4n) is 2.65. The first-order valence-corrected chi connectivity index (χ1v) is 6.96. The van der Waals surface area contributed by atoms with Crippen LogP contribution in [-0.2, 0) is 4.79 Å². The maximum Gasteiger partial charge on any atom is 0.255 e. The molecule has 3 nitrogen and oxygen atoms in total. The Labute approximate surface area is 123 Å². The Balaban J connectivity index is 2.25. The lowest BCUT2D eigenvalue weighted by molar-refractivity contribution is -0.117. The van der Waals surface area contributed by atoms with Crippen molar-refractivity contribution in [2.45, 2.75) is 6.92 Å². The number of hydrogen-bond donors (Lipinski definition) is 1. The molecule has 0 bridgehead atoms. The van der Waals surface area contributed by atoms with Crippen LogP contribution in [0.5, 0.6) is 0 Å². The van der Waals surface area contributed by atoms with Crippen molar-refractivity contribution in [2.75, 3.05) is 6.54 Å². The van der Waals surface area contributed by atoms with E-state index in [0.717, 1.165) is 16.7 Å². The van der Waals surface area contributed by atoms with Gasteiger partial charge in [-0.3, -0.25) is 9.59 Å². The van der Waals surface area contributed by atoms with E-state index in [1.54, 1.807) is 6.07 Å². The molecular weight excluding hydrogens is 262 g/mol. The molecule has 0 spiro atoms. The number of amides is 1. The number of rotatable bonds is 3. The minimum atomic E-state index is -0.308. The largest absolute Gasteiger partial charge is 0.352 e. The van der Waals surface area contributed by atoms with Crippen molar-refractivity contribution < 1.29 is 9.59 Å². The number of hydrogen-bond acceptors (Lipinski definition) is 2. The van der Waals surface area contributed by atoms with E-state index in [4.69, 9.17) is 0 Å². The molecular formula is C18H15NO2. The van der Waals surface area contributed by atoms with Gasteiger partial charge in [-0.2, -0.15) is 0 Å². The zero-order chi connectivity index (χ0) is 14.8. The SMILES string of the molecule is CCNC(=O)C1=C(c2ccccc2)c2ccccc2C1=O. The predicted octanol–water partition coefficient (Wildman–Crippen LogP) is 2.82. The summed E-state index contributed by atoms with van der Waals surface area (Å²) < 4.78 is 0. The van der Waals surface area contributed by atoms with E-state index in [1.165, 1.54) is 0 Å². The van der Waals surface area contributed by atoms with Gasteiger partial charge in [0.05, 0.1) is 5.57 Å². The van der Waals surface area contributed by atoms with Gasteiger partial charge in [0.1, 0.15) is 0 Å². The molecule has 2 aromatic rings. The van der Waals surface area contributed by atoms with Crippen LogP contribution in [0.1, 0.15) is 28.4 Å². The lowest BCUT2D eigenvalue weighted by Crippen LogP contribution is -2.27. The lowest BCUT2D eigenvalue weighted by Gasteiger charge is -2.08. The maximum absolute atomic E-state index is 12.6. The Morgan fingerprint density at radius 1 is 0.952 bits per heavy atom. The molecule has 1 aliphatic rings. The zero-order valence-electron chi connectivity index (χ0n) is 11.7. The molecule has 0 saturated carbocycles. The highest BCUT2D eigenvalue weighted by atomic mass is 16.2. The molecule has 1 aliphatic carbocycles. The molecule has 0 fully saturated rings. The lowest BCUT2D eigenvalue weighted by atomic mass is 9.97. The third-order valence-electron chi connectivity index (χ3n) is 3.54. The predicted molar refractivity (Wildman–Crippen MR) is 81.9 cm³/mol. The first-order valence-electron chi connectivity index (χ1n) is 6.96. The van der Waals surface area contributed by atoms with Crippen molar-refractivity contribution in [3.05, 3.63) is 76.9 Å². The monoisotopic (exact) mass is 277 g/mol. The molecule has 21 heavy (non-hydrogen) atoms. The summed E-state index contributed by atoms with van der Waals surface area (Å²) in [6.45, 7) is 2.33. The normalized spacial score (nSPS) is 13.3. The minimum absolute atomic E-state index is 0.199. The van der Waals surface area contributed by atoms with Crippen molar-refractivity contribution in [3.63, 3.8) is 0 Å². The third-order valence-corrected chi connectivity index (χ3v) is 3.54. The smallest absolute Gasteiger partial charge is 0.255 e. The van der Waals surface area contributed by atoms with Gasteiger partial charge in [-0.25, -0.2) is 0 Å². The van der Waals surface area contributed by atoms with Gasteiger partial charge in [0.25, 0.3) is 5.91 Å². The molecule has 0 radical (unpaired) electrons. The zero-order valence-corrected chi connectivity index (χ0v) is 11.7. The Morgan fingerprint density at radius 2 is 1.57 bits per heavy atom. The first-order chi connectivity index (χ1) is 10.2. The molecule has 104 valence electrons. The van der Waals surface area contributed by atoms with Gasteiger partial charge in [0.2, 0.25) is 0 Å². The second-order valence-corrected chi connectivity index (χ2v) is 4.85. The summed E-state index contributed by atoms with van der Waals surface area (Å²) in [5.74, 6) is -0.507. The standard InChI is InChI=1S/C18H15NO2/c1-2-19-18(21)16-15(12-8-4-3-5-9-12)13-10-6-7-11-14(13)17(16)20/h3-11H,2H2,1H3,(H,19,21). The van der Waals surface area contributed by atoms with E-state index < -0.39 is 0 Å². The van der Waals surface area contributed by atoms with E-state index >= 15 is 0 Å². The Morgan fingerprint density at radius 3 is 2.24 bits per heavy atom. The molecule has 3 heteroatoms. The van der Waals surface area contributed by atoms with Gasteiger partial charge in [-0.05, 0) is 18.1 Å². The van der Waals surface area contributed by atoms with E-state index in [1.807, 2.05) is 55.5 Å². The maximum atomic E-state index is 12.6. The highest BCUT2D eigenvalue weighted by Crippen LogP contribution is 2.37. The number of carbonyl (C=O) groups is 2. The van der Waals surface area contributed by atoms with Crippen LogP contribution >= 0.6 is 0 Å². The van der Waals surface area contributed by atoms with Crippen LogP contribution < -0.4 is 5.32 Å². The summed E-state index contributed by atoms with van der Waals surface area (Å²) in [4.78, 5) is 24.9. The van der Waals surface area contributed by atoms with Gasteiger partial charge in [-0.1, -0.05) is 54.6 Å². The molecule has 1 N–H and O–H groups in total. The average Bonchev–Trinajstić information content (AvgIpc) is 2.82. The van der Waals surface area contributed by atoms with Crippen LogP contribution in [0, 0.1) is 0 Å². The molecule has 0 aromatic heterocycles. The molecule has 2 aromatic carbocycles. The summed E-state index contributed by atoms with van der Waals surface area (Å²) in [7, 11) is 0. The number of Topliss-reactive ketones (excluding diaryl/α,β-unsaturated/α-hetero) is 1. The Hall–Kier alpha value is -2.68. The topological polar surface area (TPSA) is 46.2 Å². The van der Waals surface area contributed by atoms with Gasteiger partial charge >= 0.3 is 0 Å². The number of ketones is 1. The molecule has 3 rings (SSSR count). The van der Waals surface area contributed by atoms with Crippen LogP contribution in [0.4, 0.5) is 0 Å². The summed E-state index contributed by atoms with van der Waals surface area (Å²) in [5.41, 5.74) is 3.27. The number of likely N-dealkylation sites (N-methyl/N-ethyl adjacent to an activating group) is 1. The second-order valence-electron chi connectivity index (χ2n) is 4.85. The summed E-state index contributed by atoms with van der Waals surface area (Å²) >= 11 is 0. The molecule has 0 unspecified atom stereocenters. The van der Waals surface area contributed by atoms with Gasteiger partial charge in [0.15, 0.2) is 5.78 Å². The summed E-state index contributed by atoms with van der Waals surface area (Å²) in [6.07, 6.45) is 0. The summed E-state index contributed by atoms with van der Waals surface area (Å²) in [6, 6.07) is 16.9. The van der Waals surface area contributed by atoms with Crippen LogP contribution in [0.2, 0.25) is 0 Å². The van der Waals surface area contributed by atoms with E-state index in [-0.39, 0.29) is 17.3 Å². The summed E-state index contributed by atoms with van der Waals surface area (Å²) in [5, 5.41) is 2.73. The van der Waals surface area contributed by atoms with Crippen molar-refractivity contribution in [1.82, 2.24) is 5.32 Å². The highest BCUT2D eigenvalue weighted by Gasteiger charge is 2.33. The van der Waals surface area contributed by atoms with Crippen molar-refractivity contribution in [1.29, 1.82) is 0 Å². The number of fused-ring (bicyclic) bond motifs is 1. The fourth-order valence-corrected chi connectivity index (χ4v) is 2.65. The van der Waals surface area contributed by atoms with Crippen molar-refractivity contribution in [3.8, 4) is 0 Å². The second kappa shape index (κ2) is 5.37. The van der Waals surface area contributed by atoms with Gasteiger partial charge in [0, 0.05) is 17.7 Å². The number of nitrogens with one attached hydrogen (secondary N) is 1. The molecule has 0 saturated heterocycles. The number of benzene rings is 2. The van der Waals surface area contributed by atoms with E-state index in [9.17, 15) is 9.59 Å². The third kappa shape index (κ3) is 2.17. The van der Waals surface area contributed by atoms with Gasteiger partial charge < -0.3 is 5.32 Å². The molecule has 0 atom stereocenters. The Bertz CT molecular complexity index is 745.